The third kappa shape index (κ3) is 6.45. The number of carboxylic acids is 1. The number of rotatable bonds is 10. The van der Waals surface area contributed by atoms with E-state index in [0.717, 1.165) is 0 Å². The number of aliphatic hydroxyl groups excluding tert-OH is 1. The van der Waals surface area contributed by atoms with Crippen molar-refractivity contribution in [3.63, 3.8) is 0 Å². The van der Waals surface area contributed by atoms with Crippen molar-refractivity contribution in [2.24, 2.45) is 17.6 Å². The van der Waals surface area contributed by atoms with Gasteiger partial charge in [0.05, 0.1) is 6.10 Å². The summed E-state index contributed by atoms with van der Waals surface area (Å²) in [6.07, 6.45) is 0.131. The van der Waals surface area contributed by atoms with Gasteiger partial charge in [-0.15, -0.1) is 0 Å². The fourth-order valence-electron chi connectivity index (χ4n) is 2.10. The summed E-state index contributed by atoms with van der Waals surface area (Å²) in [5, 5.41) is 23.7. The van der Waals surface area contributed by atoms with Crippen molar-refractivity contribution in [3.8, 4) is 0 Å². The highest BCUT2D eigenvalue weighted by Gasteiger charge is 2.33. The van der Waals surface area contributed by atoms with Crippen molar-refractivity contribution >= 4 is 17.8 Å². The van der Waals surface area contributed by atoms with Crippen LogP contribution in [0.1, 0.15) is 47.5 Å². The summed E-state index contributed by atoms with van der Waals surface area (Å²) >= 11 is 0. The molecule has 0 heterocycles. The van der Waals surface area contributed by atoms with E-state index in [0.29, 0.717) is 12.8 Å². The Kier molecular flexibility index (Phi) is 9.53. The van der Waals surface area contributed by atoms with E-state index in [4.69, 9.17) is 5.73 Å². The van der Waals surface area contributed by atoms with Crippen LogP contribution in [0.3, 0.4) is 0 Å². The number of nitrogens with two attached hydrogens (primary N) is 1. The average molecular weight is 345 g/mol. The molecule has 0 fully saturated rings. The molecular formula is C16H31N3O5. The van der Waals surface area contributed by atoms with Gasteiger partial charge in [-0.2, -0.15) is 0 Å². The van der Waals surface area contributed by atoms with Crippen LogP contribution in [0.25, 0.3) is 0 Å². The van der Waals surface area contributed by atoms with Gasteiger partial charge in [-0.05, 0) is 18.8 Å². The Bertz CT molecular complexity index is 441. The third-order valence-corrected chi connectivity index (χ3v) is 4.39. The molecule has 8 nitrogen and oxygen atoms in total. The lowest BCUT2D eigenvalue weighted by Gasteiger charge is -2.28. The number of carboxylic acid groups (broad SMARTS) is 1. The second kappa shape index (κ2) is 10.2. The van der Waals surface area contributed by atoms with E-state index in [9.17, 15) is 24.6 Å². The largest absolute Gasteiger partial charge is 0.480 e. The first-order valence-electron chi connectivity index (χ1n) is 8.33. The van der Waals surface area contributed by atoms with Crippen LogP contribution in [0.5, 0.6) is 0 Å². The van der Waals surface area contributed by atoms with Crippen LogP contribution in [0.15, 0.2) is 0 Å². The van der Waals surface area contributed by atoms with Gasteiger partial charge in [0.2, 0.25) is 11.8 Å². The Morgan fingerprint density at radius 2 is 1.33 bits per heavy atom. The Morgan fingerprint density at radius 1 is 0.917 bits per heavy atom. The smallest absolute Gasteiger partial charge is 0.326 e. The van der Waals surface area contributed by atoms with Gasteiger partial charge < -0.3 is 26.6 Å². The van der Waals surface area contributed by atoms with Crippen LogP contribution < -0.4 is 16.4 Å². The van der Waals surface area contributed by atoms with Gasteiger partial charge in [0, 0.05) is 0 Å². The average Bonchev–Trinajstić information content (AvgIpc) is 2.54. The van der Waals surface area contributed by atoms with Gasteiger partial charge >= 0.3 is 5.97 Å². The van der Waals surface area contributed by atoms with Crippen LogP contribution in [0, 0.1) is 11.8 Å². The molecule has 0 saturated heterocycles. The van der Waals surface area contributed by atoms with E-state index < -0.39 is 42.0 Å². The first kappa shape index (κ1) is 22.3. The number of aliphatic carboxylic acids is 1. The third-order valence-electron chi connectivity index (χ3n) is 4.39. The highest BCUT2D eigenvalue weighted by atomic mass is 16.4. The Labute approximate surface area is 143 Å². The standard InChI is InChI=1S/C16H31N3O5/c1-6-8(3)12(18-14(21)11(17)10(5)20)15(22)19-13(16(23)24)9(4)7-2/h8-13,20H,6-7,17H2,1-5H3,(H,18,21)(H,19,22)(H,23,24). The first-order valence-corrected chi connectivity index (χ1v) is 8.33. The monoisotopic (exact) mass is 345 g/mol. The zero-order valence-electron chi connectivity index (χ0n) is 15.1. The minimum absolute atomic E-state index is 0.221. The number of carbonyl (C=O) groups is 3. The predicted octanol–water partition coefficient (Wildman–Crippen LogP) is -0.159. The van der Waals surface area contributed by atoms with Crippen LogP contribution in [0.2, 0.25) is 0 Å². The molecule has 0 aromatic carbocycles. The molecule has 0 aliphatic carbocycles. The normalized spacial score (nSPS) is 18.6. The molecule has 8 heteroatoms. The van der Waals surface area contributed by atoms with E-state index in [1.54, 1.807) is 13.8 Å². The van der Waals surface area contributed by atoms with E-state index in [1.165, 1.54) is 6.92 Å². The van der Waals surface area contributed by atoms with E-state index in [-0.39, 0.29) is 11.8 Å². The Hall–Kier alpha value is -1.67. The zero-order chi connectivity index (χ0) is 19.0. The lowest BCUT2D eigenvalue weighted by atomic mass is 9.95. The lowest BCUT2D eigenvalue weighted by molar-refractivity contribution is -0.144. The van der Waals surface area contributed by atoms with Crippen LogP contribution in [0.4, 0.5) is 0 Å². The van der Waals surface area contributed by atoms with Crippen molar-refractivity contribution in [3.05, 3.63) is 0 Å². The second-order valence-corrected chi connectivity index (χ2v) is 6.35. The second-order valence-electron chi connectivity index (χ2n) is 6.35. The summed E-state index contributed by atoms with van der Waals surface area (Å²) in [6.45, 7) is 8.58. The lowest BCUT2D eigenvalue weighted by Crippen LogP contribution is -2.58. The van der Waals surface area contributed by atoms with Gasteiger partial charge in [-0.1, -0.05) is 40.5 Å². The Balaban J connectivity index is 5.20. The molecule has 0 saturated carbocycles. The summed E-state index contributed by atoms with van der Waals surface area (Å²) in [4.78, 5) is 35.9. The van der Waals surface area contributed by atoms with E-state index >= 15 is 0 Å². The summed E-state index contributed by atoms with van der Waals surface area (Å²) in [7, 11) is 0. The summed E-state index contributed by atoms with van der Waals surface area (Å²) in [5.41, 5.74) is 5.58. The molecule has 0 aliphatic heterocycles. The molecule has 2 amide bonds. The van der Waals surface area contributed by atoms with Gasteiger partial charge in [0.1, 0.15) is 18.1 Å². The molecule has 6 N–H and O–H groups in total. The molecule has 0 aliphatic rings. The molecule has 0 radical (unpaired) electrons. The quantitative estimate of drug-likeness (QED) is 0.372. The fraction of sp³-hybridized carbons (Fsp3) is 0.812. The van der Waals surface area contributed by atoms with Crippen LogP contribution >= 0.6 is 0 Å². The van der Waals surface area contributed by atoms with Crippen LogP contribution in [-0.4, -0.2) is 52.2 Å². The molecule has 0 spiro atoms. The zero-order valence-corrected chi connectivity index (χ0v) is 15.1. The molecule has 0 bridgehead atoms. The predicted molar refractivity (Wildman–Crippen MR) is 90.1 cm³/mol. The van der Waals surface area contributed by atoms with Crippen molar-refractivity contribution in [1.29, 1.82) is 0 Å². The van der Waals surface area contributed by atoms with Gasteiger partial charge in [0.15, 0.2) is 0 Å². The maximum Gasteiger partial charge on any atom is 0.326 e. The number of aliphatic hydroxyl groups is 1. The number of hydrogen-bond donors (Lipinski definition) is 5. The molecular weight excluding hydrogens is 314 g/mol. The molecule has 0 aromatic rings. The molecule has 6 unspecified atom stereocenters. The molecule has 140 valence electrons. The van der Waals surface area contributed by atoms with Crippen molar-refractivity contribution in [2.45, 2.75) is 71.7 Å². The summed E-state index contributed by atoms with van der Waals surface area (Å²) < 4.78 is 0. The minimum Gasteiger partial charge on any atom is -0.480 e. The number of amides is 2. The molecule has 0 rings (SSSR count). The van der Waals surface area contributed by atoms with Gasteiger partial charge in [-0.25, -0.2) is 4.79 Å². The molecule has 24 heavy (non-hydrogen) atoms. The molecule has 6 atom stereocenters. The van der Waals surface area contributed by atoms with Crippen molar-refractivity contribution in [2.75, 3.05) is 0 Å². The van der Waals surface area contributed by atoms with Gasteiger partial charge in [-0.3, -0.25) is 9.59 Å². The maximum atomic E-state index is 12.5. The highest BCUT2D eigenvalue weighted by Crippen LogP contribution is 2.12. The SMILES string of the molecule is CCC(C)C(NC(=O)C(NC(=O)C(N)C(C)O)C(C)CC)C(=O)O. The first-order chi connectivity index (χ1) is 11.1. The topological polar surface area (TPSA) is 142 Å². The van der Waals surface area contributed by atoms with Crippen LogP contribution in [-0.2, 0) is 14.4 Å². The van der Waals surface area contributed by atoms with Crippen molar-refractivity contribution in [1.82, 2.24) is 10.6 Å². The Morgan fingerprint density at radius 3 is 1.71 bits per heavy atom. The maximum absolute atomic E-state index is 12.5. The fourth-order valence-corrected chi connectivity index (χ4v) is 2.10. The van der Waals surface area contributed by atoms with E-state index in [2.05, 4.69) is 10.6 Å². The minimum atomic E-state index is -1.16. The number of nitrogens with one attached hydrogen (secondary N) is 2. The van der Waals surface area contributed by atoms with Gasteiger partial charge in [0.25, 0.3) is 0 Å². The van der Waals surface area contributed by atoms with E-state index in [1.807, 2.05) is 13.8 Å². The number of carbonyl (C=O) groups excluding carboxylic acids is 2. The summed E-state index contributed by atoms with van der Waals surface area (Å²) in [6, 6.07) is -3.11. The summed E-state index contributed by atoms with van der Waals surface area (Å²) in [5.74, 6) is -2.81. The highest BCUT2D eigenvalue weighted by molar-refractivity contribution is 5.92. The van der Waals surface area contributed by atoms with Crippen molar-refractivity contribution < 1.29 is 24.6 Å². The molecule has 0 aromatic heterocycles. The number of hydrogen-bond acceptors (Lipinski definition) is 5.